The lowest BCUT2D eigenvalue weighted by Crippen LogP contribution is -2.26. The van der Waals surface area contributed by atoms with Gasteiger partial charge < -0.3 is 10.4 Å². The molecule has 2 unspecified atom stereocenters. The van der Waals surface area contributed by atoms with E-state index in [1.807, 2.05) is 13.8 Å². The van der Waals surface area contributed by atoms with Crippen LogP contribution >= 0.6 is 0 Å². The SMILES string of the molecule is CC(CO)CNC(C)c1ccc(C#N)c(F)c1. The summed E-state index contributed by atoms with van der Waals surface area (Å²) in [5.74, 6) is -0.325. The van der Waals surface area contributed by atoms with Crippen LogP contribution in [0.25, 0.3) is 0 Å². The van der Waals surface area contributed by atoms with E-state index in [-0.39, 0.29) is 24.1 Å². The summed E-state index contributed by atoms with van der Waals surface area (Å²) in [5, 5.41) is 20.7. The van der Waals surface area contributed by atoms with Gasteiger partial charge in [-0.15, -0.1) is 0 Å². The fraction of sp³-hybridized carbons (Fsp3) is 0.462. The molecule has 3 nitrogen and oxygen atoms in total. The van der Waals surface area contributed by atoms with Crippen LogP contribution in [-0.4, -0.2) is 18.3 Å². The summed E-state index contributed by atoms with van der Waals surface area (Å²) < 4.78 is 13.4. The Hall–Kier alpha value is -1.44. The highest BCUT2D eigenvalue weighted by atomic mass is 19.1. The monoisotopic (exact) mass is 236 g/mol. The van der Waals surface area contributed by atoms with Crippen molar-refractivity contribution in [2.24, 2.45) is 5.92 Å². The van der Waals surface area contributed by atoms with E-state index in [0.717, 1.165) is 5.56 Å². The fourth-order valence-corrected chi connectivity index (χ4v) is 1.45. The second kappa shape index (κ2) is 6.33. The van der Waals surface area contributed by atoms with Gasteiger partial charge in [0.1, 0.15) is 11.9 Å². The van der Waals surface area contributed by atoms with E-state index in [4.69, 9.17) is 10.4 Å². The Morgan fingerprint density at radius 2 is 2.18 bits per heavy atom. The average Bonchev–Trinajstić information content (AvgIpc) is 2.35. The molecular weight excluding hydrogens is 219 g/mol. The van der Waals surface area contributed by atoms with E-state index in [0.29, 0.717) is 6.54 Å². The Morgan fingerprint density at radius 1 is 1.47 bits per heavy atom. The topological polar surface area (TPSA) is 56.0 Å². The second-order valence-electron chi connectivity index (χ2n) is 4.27. The first-order valence-corrected chi connectivity index (χ1v) is 5.62. The Morgan fingerprint density at radius 3 is 2.71 bits per heavy atom. The predicted octanol–water partition coefficient (Wildman–Crippen LogP) is 1.98. The van der Waals surface area contributed by atoms with Crippen LogP contribution in [0.4, 0.5) is 4.39 Å². The molecule has 0 fully saturated rings. The standard InChI is InChI=1S/C13H17FN2O/c1-9(8-17)7-16-10(2)11-3-4-12(6-15)13(14)5-11/h3-5,9-10,16-17H,7-8H2,1-2H3. The molecule has 2 N–H and O–H groups in total. The van der Waals surface area contributed by atoms with E-state index in [1.54, 1.807) is 12.1 Å². The van der Waals surface area contributed by atoms with Gasteiger partial charge >= 0.3 is 0 Å². The summed E-state index contributed by atoms with van der Waals surface area (Å²) in [5.41, 5.74) is 0.858. The van der Waals surface area contributed by atoms with Crippen LogP contribution in [0.3, 0.4) is 0 Å². The van der Waals surface area contributed by atoms with Crippen LogP contribution in [-0.2, 0) is 0 Å². The van der Waals surface area contributed by atoms with Crippen molar-refractivity contribution in [3.63, 3.8) is 0 Å². The Kier molecular flexibility index (Phi) is 5.08. The maximum atomic E-state index is 13.4. The number of nitrogens with one attached hydrogen (secondary N) is 1. The summed E-state index contributed by atoms with van der Waals surface area (Å²) in [6.07, 6.45) is 0. The molecule has 1 aromatic carbocycles. The zero-order valence-electron chi connectivity index (χ0n) is 10.1. The minimum absolute atomic E-state index is 0.00811. The van der Waals surface area contributed by atoms with E-state index in [1.165, 1.54) is 12.1 Å². The summed E-state index contributed by atoms with van der Waals surface area (Å²) in [7, 11) is 0. The first-order valence-electron chi connectivity index (χ1n) is 5.62. The number of hydrogen-bond donors (Lipinski definition) is 2. The van der Waals surface area contributed by atoms with Crippen molar-refractivity contribution in [1.29, 1.82) is 5.26 Å². The van der Waals surface area contributed by atoms with Gasteiger partial charge in [0.2, 0.25) is 0 Å². The molecule has 0 saturated heterocycles. The molecule has 2 atom stereocenters. The largest absolute Gasteiger partial charge is 0.396 e. The fourth-order valence-electron chi connectivity index (χ4n) is 1.45. The molecule has 4 heteroatoms. The van der Waals surface area contributed by atoms with Crippen molar-refractivity contribution in [3.8, 4) is 6.07 Å². The second-order valence-corrected chi connectivity index (χ2v) is 4.27. The quantitative estimate of drug-likeness (QED) is 0.821. The zero-order chi connectivity index (χ0) is 12.8. The van der Waals surface area contributed by atoms with Crippen LogP contribution in [0, 0.1) is 23.1 Å². The minimum Gasteiger partial charge on any atom is -0.396 e. The number of nitriles is 1. The number of rotatable bonds is 5. The van der Waals surface area contributed by atoms with Crippen molar-refractivity contribution < 1.29 is 9.50 Å². The Balaban J connectivity index is 2.67. The van der Waals surface area contributed by atoms with Crippen molar-refractivity contribution in [3.05, 3.63) is 35.1 Å². The first-order chi connectivity index (χ1) is 8.08. The van der Waals surface area contributed by atoms with Crippen molar-refractivity contribution in [2.75, 3.05) is 13.2 Å². The van der Waals surface area contributed by atoms with E-state index in [2.05, 4.69) is 5.32 Å². The average molecular weight is 236 g/mol. The number of halogens is 1. The van der Waals surface area contributed by atoms with Gasteiger partial charge in [0.15, 0.2) is 0 Å². The van der Waals surface area contributed by atoms with Crippen LogP contribution in [0.5, 0.6) is 0 Å². The molecule has 0 heterocycles. The zero-order valence-corrected chi connectivity index (χ0v) is 10.1. The summed E-state index contributed by atoms with van der Waals surface area (Å²) in [4.78, 5) is 0. The lowest BCUT2D eigenvalue weighted by atomic mass is 10.1. The van der Waals surface area contributed by atoms with Crippen molar-refractivity contribution >= 4 is 0 Å². The van der Waals surface area contributed by atoms with Gasteiger partial charge in [0.25, 0.3) is 0 Å². The van der Waals surface area contributed by atoms with Crippen molar-refractivity contribution in [1.82, 2.24) is 5.32 Å². The summed E-state index contributed by atoms with van der Waals surface area (Å²) in [6, 6.07) is 6.38. The van der Waals surface area contributed by atoms with Crippen LogP contribution in [0.2, 0.25) is 0 Å². The first kappa shape index (κ1) is 13.6. The van der Waals surface area contributed by atoms with Gasteiger partial charge in [0.05, 0.1) is 5.56 Å². The molecule has 0 aromatic heterocycles. The smallest absolute Gasteiger partial charge is 0.141 e. The molecule has 0 aliphatic heterocycles. The van der Waals surface area contributed by atoms with Gasteiger partial charge in [0, 0.05) is 19.2 Å². The van der Waals surface area contributed by atoms with Crippen molar-refractivity contribution in [2.45, 2.75) is 19.9 Å². The number of aliphatic hydroxyl groups excluding tert-OH is 1. The molecule has 0 saturated carbocycles. The summed E-state index contributed by atoms with van der Waals surface area (Å²) >= 11 is 0. The molecule has 0 amide bonds. The maximum absolute atomic E-state index is 13.4. The van der Waals surface area contributed by atoms with E-state index >= 15 is 0 Å². The number of hydrogen-bond acceptors (Lipinski definition) is 3. The third kappa shape index (κ3) is 3.81. The lowest BCUT2D eigenvalue weighted by Gasteiger charge is -2.17. The summed E-state index contributed by atoms with van der Waals surface area (Å²) in [6.45, 7) is 4.64. The molecule has 17 heavy (non-hydrogen) atoms. The Bertz CT molecular complexity index is 414. The third-order valence-corrected chi connectivity index (χ3v) is 2.70. The lowest BCUT2D eigenvalue weighted by molar-refractivity contribution is 0.231. The third-order valence-electron chi connectivity index (χ3n) is 2.70. The van der Waals surface area contributed by atoms with Gasteiger partial charge in [-0.25, -0.2) is 4.39 Å². The molecule has 0 bridgehead atoms. The molecule has 0 radical (unpaired) electrons. The molecular formula is C13H17FN2O. The van der Waals surface area contributed by atoms with E-state index < -0.39 is 5.82 Å². The predicted molar refractivity (Wildman–Crippen MR) is 63.8 cm³/mol. The van der Waals surface area contributed by atoms with E-state index in [9.17, 15) is 4.39 Å². The highest BCUT2D eigenvalue weighted by Crippen LogP contribution is 2.16. The number of benzene rings is 1. The Labute approximate surface area is 101 Å². The molecule has 0 aliphatic carbocycles. The van der Waals surface area contributed by atoms with Gasteiger partial charge in [-0.1, -0.05) is 13.0 Å². The normalized spacial score (nSPS) is 14.1. The van der Waals surface area contributed by atoms with Crippen LogP contribution < -0.4 is 5.32 Å². The van der Waals surface area contributed by atoms with Crippen LogP contribution in [0.1, 0.15) is 31.0 Å². The highest BCUT2D eigenvalue weighted by Gasteiger charge is 2.09. The maximum Gasteiger partial charge on any atom is 0.141 e. The minimum atomic E-state index is -0.492. The van der Waals surface area contributed by atoms with Gasteiger partial charge in [-0.05, 0) is 30.5 Å². The molecule has 92 valence electrons. The molecule has 0 aliphatic rings. The molecule has 0 spiro atoms. The molecule has 1 aromatic rings. The highest BCUT2D eigenvalue weighted by molar-refractivity contribution is 5.34. The molecule has 1 rings (SSSR count). The number of nitrogens with zero attached hydrogens (tertiary/aromatic N) is 1. The number of aliphatic hydroxyl groups is 1. The van der Waals surface area contributed by atoms with Crippen LogP contribution in [0.15, 0.2) is 18.2 Å². The van der Waals surface area contributed by atoms with Gasteiger partial charge in [-0.2, -0.15) is 5.26 Å². The van der Waals surface area contributed by atoms with Gasteiger partial charge in [-0.3, -0.25) is 0 Å².